The average molecular weight is 1380 g/mol. The molecule has 5 heterocycles. The van der Waals surface area contributed by atoms with Crippen LogP contribution < -0.4 is 0 Å². The molecular formula is C101H64N6O. The van der Waals surface area contributed by atoms with Gasteiger partial charge in [0.15, 0.2) is 11.4 Å². The topological polar surface area (TPSA) is 77.5 Å². The van der Waals surface area contributed by atoms with Crippen LogP contribution in [-0.2, 0) is 0 Å². The number of furan rings is 1. The zero-order valence-corrected chi connectivity index (χ0v) is 58.8. The van der Waals surface area contributed by atoms with Gasteiger partial charge in [0.2, 0.25) is 0 Å². The highest BCUT2D eigenvalue weighted by Crippen LogP contribution is 2.55. The minimum absolute atomic E-state index is 0.154. The number of rotatable bonds is 12. The van der Waals surface area contributed by atoms with E-state index in [2.05, 4.69) is 366 Å². The standard InChI is InChI=1S/C101H64N6O/c1-63-79(69-37-20-7-21-38-69)60-85-84-59-76(68-35-18-6-19-36-68)49-54-93(84)107(95(63)85)96-86(62-102)97(105-89-50-45-72(64-27-10-2-11-28-64)55-80(89)81-56-73(46-51-90(81)105)65-29-12-3-13-30-65)98(106-91-52-47-74(66-31-14-4-15-32-66)57-82(91)83-58-75(48-53-92(83)106)67-33-16-5-17-34-67)100-94(96)78-44-26-43-77(99(78)108-100)88-61-87(70-39-22-8-23-40-70)103-101(104-88)71-41-24-9-25-42-71/h2-61,63H,1H3. The molecule has 20 aromatic rings. The summed E-state index contributed by atoms with van der Waals surface area (Å²) < 4.78 is 15.6. The second-order valence-corrected chi connectivity index (χ2v) is 28.2. The van der Waals surface area contributed by atoms with Gasteiger partial charge in [-0.1, -0.05) is 292 Å². The lowest BCUT2D eigenvalue weighted by atomic mass is 9.95. The first-order valence-electron chi connectivity index (χ1n) is 36.8. The van der Waals surface area contributed by atoms with Crippen LogP contribution in [0, 0.1) is 11.3 Å². The average Bonchev–Trinajstić information content (AvgIpc) is 1.50. The molecule has 108 heavy (non-hydrogen) atoms. The van der Waals surface area contributed by atoms with Gasteiger partial charge >= 0.3 is 0 Å². The summed E-state index contributed by atoms with van der Waals surface area (Å²) in [5.74, 6) is 0.431. The molecule has 0 spiro atoms. The van der Waals surface area contributed by atoms with Crippen molar-refractivity contribution in [2.24, 2.45) is 0 Å². The third kappa shape index (κ3) is 9.96. The number of hydrogen-bond donors (Lipinski definition) is 0. The number of allylic oxidation sites excluding steroid dienone is 1. The summed E-state index contributed by atoms with van der Waals surface area (Å²) in [5, 5.41) is 20.4. The van der Waals surface area contributed by atoms with Crippen LogP contribution in [0.2, 0.25) is 0 Å². The van der Waals surface area contributed by atoms with Gasteiger partial charge in [-0.25, -0.2) is 9.97 Å². The molecule has 1 atom stereocenters. The second-order valence-electron chi connectivity index (χ2n) is 28.2. The lowest BCUT2D eigenvalue weighted by Crippen LogP contribution is -2.12. The van der Waals surface area contributed by atoms with Crippen LogP contribution in [0.15, 0.2) is 362 Å². The van der Waals surface area contributed by atoms with E-state index in [1.54, 1.807) is 0 Å². The van der Waals surface area contributed by atoms with Crippen molar-refractivity contribution in [2.75, 3.05) is 0 Å². The van der Waals surface area contributed by atoms with Crippen LogP contribution in [-0.4, -0.2) is 23.7 Å². The molecule has 0 amide bonds. The summed E-state index contributed by atoms with van der Waals surface area (Å²) in [6.07, 6.45) is 2.41. The fourth-order valence-electron chi connectivity index (χ4n) is 17.1. The van der Waals surface area contributed by atoms with Crippen LogP contribution >= 0.6 is 0 Å². The second kappa shape index (κ2) is 25.2. The molecule has 1 aliphatic carbocycles. The lowest BCUT2D eigenvalue weighted by Gasteiger charge is -2.24. The Morgan fingerprint density at radius 2 is 0.676 bits per heavy atom. The van der Waals surface area contributed by atoms with E-state index in [-0.39, 0.29) is 5.92 Å². The molecule has 7 nitrogen and oxygen atoms in total. The Bertz CT molecular complexity index is 6820. The molecule has 0 radical (unpaired) electrons. The van der Waals surface area contributed by atoms with Crippen LogP contribution in [0.25, 0.3) is 195 Å². The summed E-state index contributed by atoms with van der Waals surface area (Å²) >= 11 is 0. The number of fused-ring (bicyclic) bond motifs is 12. The van der Waals surface area contributed by atoms with E-state index in [1.807, 2.05) is 24.3 Å². The van der Waals surface area contributed by atoms with Gasteiger partial charge in [0, 0.05) is 66.2 Å². The zero-order chi connectivity index (χ0) is 71.5. The number of nitrogens with zero attached hydrogens (tertiary/aromatic N) is 6. The van der Waals surface area contributed by atoms with E-state index in [4.69, 9.17) is 14.4 Å². The van der Waals surface area contributed by atoms with E-state index in [0.717, 1.165) is 160 Å². The van der Waals surface area contributed by atoms with Crippen molar-refractivity contribution in [3.05, 3.63) is 380 Å². The zero-order valence-electron chi connectivity index (χ0n) is 58.8. The molecule has 15 aromatic carbocycles. The molecule has 0 saturated heterocycles. The summed E-state index contributed by atoms with van der Waals surface area (Å²) in [7, 11) is 0. The lowest BCUT2D eigenvalue weighted by molar-refractivity contribution is 0.666. The third-order valence-electron chi connectivity index (χ3n) is 22.1. The van der Waals surface area contributed by atoms with Crippen molar-refractivity contribution in [3.8, 4) is 113 Å². The highest BCUT2D eigenvalue weighted by Gasteiger charge is 2.37. The molecule has 21 rings (SSSR count). The quantitative estimate of drug-likeness (QED) is 0.122. The number of hydrogen-bond acceptors (Lipinski definition) is 4. The van der Waals surface area contributed by atoms with Crippen LogP contribution in [0.4, 0.5) is 0 Å². The fourth-order valence-corrected chi connectivity index (χ4v) is 17.1. The molecule has 5 aromatic heterocycles. The predicted molar refractivity (Wildman–Crippen MR) is 446 cm³/mol. The van der Waals surface area contributed by atoms with Crippen LogP contribution in [0.3, 0.4) is 0 Å². The van der Waals surface area contributed by atoms with Crippen molar-refractivity contribution in [1.82, 2.24) is 23.7 Å². The first kappa shape index (κ1) is 62.1. The van der Waals surface area contributed by atoms with E-state index >= 15 is 0 Å². The monoisotopic (exact) mass is 1380 g/mol. The largest absolute Gasteiger partial charge is 0.453 e. The smallest absolute Gasteiger partial charge is 0.163 e. The summed E-state index contributed by atoms with van der Waals surface area (Å²) in [6, 6.07) is 131. The molecule has 0 N–H and O–H groups in total. The SMILES string of the molecule is CC1C(c2ccccc2)=Cc2c1n(-c1c(C#N)c(-n3c4ccc(-c5ccccc5)cc4c4cc(-c5ccccc5)ccc43)c(-n3c4ccc(-c5ccccc5)cc4c4cc(-c5ccccc5)ccc43)c3oc4c(-c5cc(-c6ccccc6)nc(-c6ccccc6)n5)cccc4c13)c1ccc(-c3ccccc3)cc21. The van der Waals surface area contributed by atoms with Crippen molar-refractivity contribution < 1.29 is 4.42 Å². The van der Waals surface area contributed by atoms with E-state index in [9.17, 15) is 5.26 Å². The Hall–Kier alpha value is -14.5. The fraction of sp³-hybridized carbons (Fsp3) is 0.0198. The first-order chi connectivity index (χ1) is 53.5. The minimum atomic E-state index is -0.154. The number of benzene rings is 15. The number of aromatic nitrogens is 5. The van der Waals surface area contributed by atoms with Crippen LogP contribution in [0.5, 0.6) is 0 Å². The summed E-state index contributed by atoms with van der Waals surface area (Å²) in [6.45, 7) is 2.33. The van der Waals surface area contributed by atoms with Gasteiger partial charge in [-0.05, 0) is 146 Å². The van der Waals surface area contributed by atoms with Crippen LogP contribution in [0.1, 0.15) is 35.2 Å². The highest BCUT2D eigenvalue weighted by molar-refractivity contribution is 6.22. The molecule has 0 aliphatic heterocycles. The Labute approximate surface area is 623 Å². The van der Waals surface area contributed by atoms with Gasteiger partial charge in [0.25, 0.3) is 0 Å². The third-order valence-corrected chi connectivity index (χ3v) is 22.1. The molecule has 0 saturated carbocycles. The highest BCUT2D eigenvalue weighted by atomic mass is 16.3. The van der Waals surface area contributed by atoms with E-state index in [0.29, 0.717) is 45.3 Å². The van der Waals surface area contributed by atoms with Gasteiger partial charge < -0.3 is 18.1 Å². The number of nitriles is 1. The molecule has 0 bridgehead atoms. The Balaban J connectivity index is 0.981. The summed E-state index contributed by atoms with van der Waals surface area (Å²) in [4.78, 5) is 10.9. The van der Waals surface area contributed by atoms with Gasteiger partial charge in [0.1, 0.15) is 22.9 Å². The van der Waals surface area contributed by atoms with Gasteiger partial charge in [-0.2, -0.15) is 5.26 Å². The van der Waals surface area contributed by atoms with Crippen molar-refractivity contribution >= 4 is 88.1 Å². The molecule has 504 valence electrons. The maximum atomic E-state index is 13.5. The van der Waals surface area contributed by atoms with Crippen molar-refractivity contribution in [1.29, 1.82) is 5.26 Å². The molecular weight excluding hydrogens is 1310 g/mol. The van der Waals surface area contributed by atoms with Crippen molar-refractivity contribution in [2.45, 2.75) is 12.8 Å². The first-order valence-corrected chi connectivity index (χ1v) is 36.8. The Kier molecular flexibility index (Phi) is 14.5. The number of para-hydroxylation sites is 1. The normalized spacial score (nSPS) is 12.8. The molecule has 0 fully saturated rings. The molecule has 7 heteroatoms. The molecule has 1 unspecified atom stereocenters. The summed E-state index contributed by atoms with van der Waals surface area (Å²) in [5.41, 5.74) is 28.0. The maximum absolute atomic E-state index is 13.5. The molecule has 1 aliphatic rings. The predicted octanol–water partition coefficient (Wildman–Crippen LogP) is 26.4. The van der Waals surface area contributed by atoms with E-state index < -0.39 is 0 Å². The minimum Gasteiger partial charge on any atom is -0.453 e. The van der Waals surface area contributed by atoms with E-state index in [1.165, 1.54) is 5.57 Å². The van der Waals surface area contributed by atoms with Gasteiger partial charge in [-0.3, -0.25) is 0 Å². The van der Waals surface area contributed by atoms with Gasteiger partial charge in [-0.15, -0.1) is 0 Å². The van der Waals surface area contributed by atoms with Crippen molar-refractivity contribution in [3.63, 3.8) is 0 Å². The maximum Gasteiger partial charge on any atom is 0.163 e. The van der Waals surface area contributed by atoms with Gasteiger partial charge in [0.05, 0.1) is 55.7 Å². The Morgan fingerprint density at radius 1 is 0.306 bits per heavy atom. The Morgan fingerprint density at radius 3 is 1.10 bits per heavy atom.